The zero-order valence-corrected chi connectivity index (χ0v) is 64.8. The van der Waals surface area contributed by atoms with Gasteiger partial charge in [-0.05, 0) is 281 Å². The molecule has 14 aromatic rings. The first-order chi connectivity index (χ1) is 52.6. The maximum absolute atomic E-state index is 2.59. The number of hydrogen-bond donors (Lipinski definition) is 0. The van der Waals surface area contributed by atoms with Gasteiger partial charge >= 0.3 is 0 Å². The largest absolute Gasteiger partial charge is 0.345 e. The van der Waals surface area contributed by atoms with E-state index in [0.717, 1.165) is 35.6 Å². The van der Waals surface area contributed by atoms with Gasteiger partial charge in [0.1, 0.15) is 0 Å². The van der Waals surface area contributed by atoms with Gasteiger partial charge in [0.25, 0.3) is 0 Å². The molecule has 0 heterocycles. The predicted molar refractivity (Wildman–Crippen MR) is 464 cm³/mol. The fourth-order valence-electron chi connectivity index (χ4n) is 17.6. The van der Waals surface area contributed by atoms with E-state index >= 15 is 0 Å². The summed E-state index contributed by atoms with van der Waals surface area (Å²) in [6, 6.07) is 115. The molecular formula is C106H100N2. The summed E-state index contributed by atoms with van der Waals surface area (Å²) < 4.78 is 0. The molecule has 0 unspecified atom stereocenters. The maximum Gasteiger partial charge on any atom is 0.0465 e. The lowest BCUT2D eigenvalue weighted by molar-refractivity contribution is 0.660. The zero-order valence-electron chi connectivity index (χ0n) is 64.8. The number of anilines is 5. The van der Waals surface area contributed by atoms with E-state index in [1.165, 1.54) is 218 Å². The molecule has 0 saturated carbocycles. The maximum atomic E-state index is 2.59. The van der Waals surface area contributed by atoms with Crippen LogP contribution in [0.3, 0.4) is 0 Å². The molecule has 0 spiro atoms. The normalized spacial score (nSPS) is 12.9. The Hall–Kier alpha value is -11.3. The van der Waals surface area contributed by atoms with Gasteiger partial charge in [-0.25, -0.2) is 0 Å². The van der Waals surface area contributed by atoms with Gasteiger partial charge in [0, 0.05) is 46.3 Å². The van der Waals surface area contributed by atoms with Gasteiger partial charge < -0.3 is 9.80 Å². The molecule has 2 heteroatoms. The van der Waals surface area contributed by atoms with Gasteiger partial charge in [0.2, 0.25) is 0 Å². The molecule has 0 N–H and O–H groups in total. The molecule has 0 amide bonds. The van der Waals surface area contributed by atoms with Gasteiger partial charge in [-0.15, -0.1) is 0 Å². The van der Waals surface area contributed by atoms with Crippen LogP contribution in [-0.4, -0.2) is 7.05 Å². The quantitative estimate of drug-likeness (QED) is 0.0589. The second-order valence-electron chi connectivity index (χ2n) is 31.8. The highest BCUT2D eigenvalue weighted by atomic mass is 15.1. The van der Waals surface area contributed by atoms with Crippen LogP contribution in [0, 0.1) is 20.8 Å². The molecule has 0 fully saturated rings. The third-order valence-electron chi connectivity index (χ3n) is 23.9. The number of hydrogen-bond acceptors (Lipinski definition) is 2. The average molecular weight is 1400 g/mol. The van der Waals surface area contributed by atoms with Crippen molar-refractivity contribution < 1.29 is 0 Å². The number of unbranched alkanes of at least 4 members (excludes halogenated alkanes) is 6. The molecule has 534 valence electrons. The van der Waals surface area contributed by atoms with Crippen molar-refractivity contribution in [3.05, 3.63) is 353 Å². The minimum Gasteiger partial charge on any atom is -0.345 e. The zero-order chi connectivity index (χ0) is 74.2. The standard InChI is InChI=1S/C106H100N2/c1-11-13-15-18-28-86-67-100(87(29-19-16-14-12-2)66-99(86)79-44-40-77(41-45-79)93-59-54-90(62-72(93)4)107(10)89-33-25-32-83(65-89)82-31-24-30-81(64-82)74-26-20-17-21-27-74)80-46-42-78(43-47-80)94-60-55-91(63-73(94)5)108(92-56-61-98-95-34-22-23-35-101(95)105(6,7)104(98)70-92)88-52-48-76(49-53-88)85-51-58-97-96-57-50-84(75-38-36-71(3)37-39-75)68-102(96)106(8,9)103(97)69-85/h17,20-27,30-70H,11-16,18-19,28-29H2,1-10H3. The molecule has 2 aliphatic rings. The van der Waals surface area contributed by atoms with Crippen LogP contribution < -0.4 is 9.80 Å². The number of nitrogens with zero attached hydrogens (tertiary/aromatic N) is 2. The lowest BCUT2D eigenvalue weighted by atomic mass is 9.81. The Bertz CT molecular complexity index is 5610. The molecule has 0 aromatic heterocycles. The van der Waals surface area contributed by atoms with Crippen LogP contribution in [0.2, 0.25) is 0 Å². The Balaban J connectivity index is 0.682. The Kier molecular flexibility index (Phi) is 19.8. The molecule has 108 heavy (non-hydrogen) atoms. The monoisotopic (exact) mass is 1400 g/mol. The molecule has 2 aliphatic carbocycles. The van der Waals surface area contributed by atoms with Gasteiger partial charge in [-0.2, -0.15) is 0 Å². The summed E-state index contributed by atoms with van der Waals surface area (Å²) in [5.41, 5.74) is 43.1. The lowest BCUT2D eigenvalue weighted by Crippen LogP contribution is -2.16. The summed E-state index contributed by atoms with van der Waals surface area (Å²) in [4.78, 5) is 4.79. The van der Waals surface area contributed by atoms with E-state index < -0.39 is 0 Å². The first-order valence-electron chi connectivity index (χ1n) is 39.7. The van der Waals surface area contributed by atoms with Gasteiger partial charge in [-0.3, -0.25) is 0 Å². The van der Waals surface area contributed by atoms with Crippen LogP contribution in [0.1, 0.15) is 143 Å². The molecule has 0 atom stereocenters. The second-order valence-corrected chi connectivity index (χ2v) is 31.8. The Labute approximate surface area is 643 Å². The van der Waals surface area contributed by atoms with Crippen molar-refractivity contribution in [3.63, 3.8) is 0 Å². The number of fused-ring (bicyclic) bond motifs is 6. The Morgan fingerprint density at radius 2 is 0.602 bits per heavy atom. The van der Waals surface area contributed by atoms with Crippen LogP contribution in [-0.2, 0) is 23.7 Å². The van der Waals surface area contributed by atoms with Crippen molar-refractivity contribution in [3.8, 4) is 111 Å². The van der Waals surface area contributed by atoms with E-state index in [-0.39, 0.29) is 10.8 Å². The van der Waals surface area contributed by atoms with Crippen LogP contribution in [0.15, 0.2) is 303 Å². The fourth-order valence-corrected chi connectivity index (χ4v) is 17.6. The minimum atomic E-state index is -0.146. The van der Waals surface area contributed by atoms with Crippen molar-refractivity contribution in [1.29, 1.82) is 0 Å². The highest BCUT2D eigenvalue weighted by Crippen LogP contribution is 2.53. The van der Waals surface area contributed by atoms with E-state index in [9.17, 15) is 0 Å². The number of rotatable bonds is 23. The van der Waals surface area contributed by atoms with E-state index in [0.29, 0.717) is 0 Å². The molecule has 14 aromatic carbocycles. The Morgan fingerprint density at radius 1 is 0.241 bits per heavy atom. The minimum absolute atomic E-state index is 0.143. The van der Waals surface area contributed by atoms with E-state index in [1.54, 1.807) is 0 Å². The van der Waals surface area contributed by atoms with Crippen LogP contribution in [0.4, 0.5) is 28.4 Å². The molecule has 0 radical (unpaired) electrons. The van der Waals surface area contributed by atoms with Crippen molar-refractivity contribution >= 4 is 28.4 Å². The summed E-state index contributed by atoms with van der Waals surface area (Å²) in [6.07, 6.45) is 11.9. The fraction of sp³-hybridized carbons (Fsp3) is 0.208. The van der Waals surface area contributed by atoms with Crippen LogP contribution >= 0.6 is 0 Å². The summed E-state index contributed by atoms with van der Waals surface area (Å²) in [7, 11) is 2.18. The van der Waals surface area contributed by atoms with Crippen molar-refractivity contribution in [2.45, 2.75) is 137 Å². The van der Waals surface area contributed by atoms with E-state index in [1.807, 2.05) is 0 Å². The first kappa shape index (κ1) is 71.0. The van der Waals surface area contributed by atoms with Gasteiger partial charge in [0.05, 0.1) is 0 Å². The van der Waals surface area contributed by atoms with Crippen molar-refractivity contribution in [2.24, 2.45) is 0 Å². The molecule has 0 aliphatic heterocycles. The smallest absolute Gasteiger partial charge is 0.0465 e. The van der Waals surface area contributed by atoms with E-state index in [4.69, 9.17) is 0 Å². The van der Waals surface area contributed by atoms with Gasteiger partial charge in [-0.1, -0.05) is 310 Å². The summed E-state index contributed by atoms with van der Waals surface area (Å²) >= 11 is 0. The molecular weight excluding hydrogens is 1300 g/mol. The van der Waals surface area contributed by atoms with E-state index in [2.05, 4.69) is 382 Å². The predicted octanol–water partition coefficient (Wildman–Crippen LogP) is 30.0. The highest BCUT2D eigenvalue weighted by molar-refractivity contribution is 5.90. The topological polar surface area (TPSA) is 6.48 Å². The first-order valence-corrected chi connectivity index (χ1v) is 39.7. The average Bonchev–Trinajstić information content (AvgIpc) is 1.58. The number of aryl methyl sites for hydroxylation is 5. The van der Waals surface area contributed by atoms with Crippen LogP contribution in [0.25, 0.3) is 111 Å². The van der Waals surface area contributed by atoms with Crippen LogP contribution in [0.5, 0.6) is 0 Å². The molecule has 0 bridgehead atoms. The second kappa shape index (κ2) is 30.1. The SMILES string of the molecule is CCCCCCc1cc(-c2ccc(-c3ccc(N(c4ccc(-c5ccc6c(c5)C(C)(C)c5cc(-c7ccc(C)cc7)ccc5-6)cc4)c4ccc5c(c4)C(C)(C)c4ccccc4-5)cc3C)cc2)c(CCCCCC)cc1-c1ccc(-c2ccc(N(C)c3cccc(-c4cccc(-c5ccccc5)c4)c3)cc2C)cc1. The summed E-state index contributed by atoms with van der Waals surface area (Å²) in [5.74, 6) is 0. The summed E-state index contributed by atoms with van der Waals surface area (Å²) in [6.45, 7) is 20.9. The molecule has 2 nitrogen and oxygen atoms in total. The third-order valence-corrected chi connectivity index (χ3v) is 23.9. The highest BCUT2D eigenvalue weighted by Gasteiger charge is 2.38. The van der Waals surface area contributed by atoms with Crippen molar-refractivity contribution in [2.75, 3.05) is 16.8 Å². The number of benzene rings is 14. The van der Waals surface area contributed by atoms with Gasteiger partial charge in [0.15, 0.2) is 0 Å². The third kappa shape index (κ3) is 13.9. The Morgan fingerprint density at radius 3 is 1.15 bits per heavy atom. The lowest BCUT2D eigenvalue weighted by Gasteiger charge is -2.29. The molecule has 16 rings (SSSR count). The van der Waals surface area contributed by atoms with Crippen molar-refractivity contribution in [1.82, 2.24) is 0 Å². The molecule has 0 saturated heterocycles. The summed E-state index contributed by atoms with van der Waals surface area (Å²) in [5, 5.41) is 0.